The van der Waals surface area contributed by atoms with Gasteiger partial charge >= 0.3 is 17.4 Å². The topological polar surface area (TPSA) is 133 Å². The molecule has 87 valence electrons. The van der Waals surface area contributed by atoms with Gasteiger partial charge < -0.3 is 29.7 Å². The average Bonchev–Trinajstić information content (AvgIpc) is 2.24. The van der Waals surface area contributed by atoms with Crippen LogP contribution in [-0.2, 0) is 31.7 Å². The van der Waals surface area contributed by atoms with Crippen LogP contribution in [0.2, 0.25) is 0 Å². The number of pyridine rings is 1. The molecule has 1 heterocycles. The van der Waals surface area contributed by atoms with E-state index in [-0.39, 0.29) is 17.4 Å². The first kappa shape index (κ1) is 23.7. The van der Waals surface area contributed by atoms with Crippen molar-refractivity contribution in [1.82, 2.24) is 4.98 Å². The number of rotatable bonds is 0. The summed E-state index contributed by atoms with van der Waals surface area (Å²) in [5.41, 5.74) is 0. The van der Waals surface area contributed by atoms with Crippen LogP contribution >= 0.6 is 0 Å². The Kier molecular flexibility index (Phi) is 56.4. The van der Waals surface area contributed by atoms with Crippen molar-refractivity contribution in [2.24, 2.45) is 0 Å². The molecule has 1 radical (unpaired) electrons. The predicted octanol–water partition coefficient (Wildman–Crippen LogP) is -3.82. The predicted molar refractivity (Wildman–Crippen MR) is 42.4 cm³/mol. The molecule has 0 aliphatic carbocycles. The number of carboxylic acid groups (broad SMARTS) is 3. The van der Waals surface area contributed by atoms with Crippen molar-refractivity contribution >= 4 is 19.4 Å². The van der Waals surface area contributed by atoms with Gasteiger partial charge in [0.2, 0.25) is 0 Å². The second-order valence-corrected chi connectivity index (χ2v) is 1.31. The van der Waals surface area contributed by atoms with E-state index in [1.165, 1.54) is 0 Å². The molecule has 0 saturated carbocycles. The Balaban J connectivity index is -0.0000000637. The molecule has 0 saturated heterocycles. The number of hydrogen-bond acceptors (Lipinski definition) is 7. The molecule has 16 heavy (non-hydrogen) atoms. The minimum absolute atomic E-state index is 0. The monoisotopic (exact) mass is 266 g/mol. The summed E-state index contributed by atoms with van der Waals surface area (Å²) in [4.78, 5) is 28.5. The van der Waals surface area contributed by atoms with Crippen LogP contribution in [0.4, 0.5) is 0 Å². The molecule has 0 amide bonds. The summed E-state index contributed by atoms with van der Waals surface area (Å²) in [5.74, 6) is 0. The van der Waals surface area contributed by atoms with Crippen molar-refractivity contribution in [3.63, 3.8) is 0 Å². The van der Waals surface area contributed by atoms with Crippen molar-refractivity contribution in [3.8, 4) is 0 Å². The van der Waals surface area contributed by atoms with Gasteiger partial charge in [0.15, 0.2) is 0 Å². The van der Waals surface area contributed by atoms with Crippen molar-refractivity contribution in [1.29, 1.82) is 0 Å². The fourth-order valence-electron chi connectivity index (χ4n) is 0.313. The van der Waals surface area contributed by atoms with Crippen LogP contribution in [0.1, 0.15) is 0 Å². The zero-order chi connectivity index (χ0) is 12.4. The maximum absolute atomic E-state index is 8.25. The Bertz CT molecular complexity index is 180. The molecule has 0 fully saturated rings. The van der Waals surface area contributed by atoms with Gasteiger partial charge in [0.25, 0.3) is 0 Å². The summed E-state index contributed by atoms with van der Waals surface area (Å²) < 4.78 is 0. The van der Waals surface area contributed by atoms with Crippen LogP contribution < -0.4 is 15.3 Å². The zero-order valence-corrected chi connectivity index (χ0v) is 9.20. The third kappa shape index (κ3) is 88.8. The van der Waals surface area contributed by atoms with Gasteiger partial charge in [-0.15, -0.1) is 0 Å². The Labute approximate surface area is 103 Å². The summed E-state index contributed by atoms with van der Waals surface area (Å²) in [6.07, 6.45) is 3.50. The molecule has 0 aliphatic heterocycles. The Morgan fingerprint density at radius 1 is 0.750 bits per heavy atom. The fourth-order valence-corrected chi connectivity index (χ4v) is 0.313. The van der Waals surface area contributed by atoms with Gasteiger partial charge in [-0.1, -0.05) is 6.07 Å². The summed E-state index contributed by atoms with van der Waals surface area (Å²) in [5, 5.41) is 24.8. The minimum Gasteiger partial charge on any atom is -0.554 e. The normalized spacial score (nSPS) is 5.25. The van der Waals surface area contributed by atoms with Crippen LogP contribution in [-0.4, -0.2) is 24.4 Å². The summed E-state index contributed by atoms with van der Waals surface area (Å²) in [6, 6.07) is 5.72. The summed E-state index contributed by atoms with van der Waals surface area (Å²) >= 11 is 0. The van der Waals surface area contributed by atoms with Gasteiger partial charge in [0, 0.05) is 31.8 Å². The number of nitrogens with zero attached hydrogens (tertiary/aromatic N) is 1. The molecule has 7 nitrogen and oxygen atoms in total. The van der Waals surface area contributed by atoms with Gasteiger partial charge in [0.1, 0.15) is 0 Å². The number of aromatic nitrogens is 1. The molecular formula is C8H8CrNO6. The van der Waals surface area contributed by atoms with Gasteiger partial charge in [-0.25, -0.2) is 0 Å². The smallest absolute Gasteiger partial charge is 0.554 e. The van der Waals surface area contributed by atoms with Gasteiger partial charge in [-0.2, -0.15) is 0 Å². The van der Waals surface area contributed by atoms with E-state index in [1.807, 2.05) is 18.2 Å². The van der Waals surface area contributed by atoms with E-state index in [2.05, 4.69) is 4.98 Å². The largest absolute Gasteiger partial charge is 3.00 e. The van der Waals surface area contributed by atoms with E-state index < -0.39 is 19.4 Å². The molecule has 0 aromatic carbocycles. The first-order valence-corrected chi connectivity index (χ1v) is 3.26. The van der Waals surface area contributed by atoms with Crippen LogP contribution in [0.15, 0.2) is 30.6 Å². The van der Waals surface area contributed by atoms with E-state index >= 15 is 0 Å². The van der Waals surface area contributed by atoms with E-state index in [0.717, 1.165) is 0 Å². The molecule has 0 atom stereocenters. The van der Waals surface area contributed by atoms with Crippen LogP contribution in [0.25, 0.3) is 0 Å². The zero-order valence-electron chi connectivity index (χ0n) is 7.92. The molecular weight excluding hydrogens is 258 g/mol. The maximum atomic E-state index is 8.25. The molecule has 0 spiro atoms. The second-order valence-electron chi connectivity index (χ2n) is 1.31. The van der Waals surface area contributed by atoms with E-state index in [4.69, 9.17) is 29.7 Å². The van der Waals surface area contributed by atoms with Crippen molar-refractivity contribution in [3.05, 3.63) is 30.6 Å². The Morgan fingerprint density at radius 3 is 1.06 bits per heavy atom. The quantitative estimate of drug-likeness (QED) is 0.439. The second kappa shape index (κ2) is 38.1. The van der Waals surface area contributed by atoms with Crippen LogP contribution in [0, 0.1) is 0 Å². The summed E-state index contributed by atoms with van der Waals surface area (Å²) in [6.45, 7) is -1.50. The van der Waals surface area contributed by atoms with Crippen molar-refractivity contribution < 1.29 is 47.1 Å². The number of carbonyl (C=O) groups excluding carboxylic acids is 3. The first-order valence-electron chi connectivity index (χ1n) is 3.26. The molecule has 0 unspecified atom stereocenters. The van der Waals surface area contributed by atoms with Gasteiger partial charge in [-0.3, -0.25) is 4.98 Å². The third-order valence-electron chi connectivity index (χ3n) is 0.566. The van der Waals surface area contributed by atoms with Crippen molar-refractivity contribution in [2.75, 3.05) is 0 Å². The SMILES string of the molecule is O=C[O-].O=C[O-].O=C[O-].[Cr+3].c1ccncc1. The first-order chi connectivity index (χ1) is 7.24. The Hall–Kier alpha value is -1.91. The van der Waals surface area contributed by atoms with Gasteiger partial charge in [-0.05, 0) is 12.1 Å². The molecule has 1 rings (SSSR count). The van der Waals surface area contributed by atoms with Crippen LogP contribution in [0.5, 0.6) is 0 Å². The van der Waals surface area contributed by atoms with Crippen molar-refractivity contribution in [2.45, 2.75) is 0 Å². The fraction of sp³-hybridized carbons (Fsp3) is 0. The van der Waals surface area contributed by atoms with E-state index in [0.29, 0.717) is 0 Å². The molecule has 1 aromatic rings. The maximum Gasteiger partial charge on any atom is 3.00 e. The van der Waals surface area contributed by atoms with E-state index in [1.54, 1.807) is 12.4 Å². The molecule has 8 heteroatoms. The van der Waals surface area contributed by atoms with Gasteiger partial charge in [0.05, 0.1) is 0 Å². The van der Waals surface area contributed by atoms with E-state index in [9.17, 15) is 0 Å². The molecule has 0 N–H and O–H groups in total. The molecule has 0 aliphatic rings. The standard InChI is InChI=1S/C5H5N.3CH2O2.Cr/c1-2-4-6-5-3-1;3*2-1-3;/h1-5H;3*1H,(H,2,3);/q;;;;+3/p-3. The average molecular weight is 266 g/mol. The minimum atomic E-state index is -0.500. The third-order valence-corrected chi connectivity index (χ3v) is 0.566. The number of carbonyl (C=O) groups is 3. The Morgan fingerprint density at radius 2 is 1.00 bits per heavy atom. The van der Waals surface area contributed by atoms with Crippen LogP contribution in [0.3, 0.4) is 0 Å². The number of hydrogen-bond donors (Lipinski definition) is 0. The molecule has 0 bridgehead atoms. The summed E-state index contributed by atoms with van der Waals surface area (Å²) in [7, 11) is 0. The molecule has 1 aromatic heterocycles.